The number of hydrogen-bond acceptors (Lipinski definition) is 1. The van der Waals surface area contributed by atoms with Gasteiger partial charge in [0.05, 0.1) is 10.0 Å². The number of anilines is 1. The fourth-order valence-electron chi connectivity index (χ4n) is 0.786. The predicted molar refractivity (Wildman–Crippen MR) is 43.5 cm³/mol. The summed E-state index contributed by atoms with van der Waals surface area (Å²) in [7, 11) is 0. The van der Waals surface area contributed by atoms with E-state index in [2.05, 4.69) is 15.9 Å². The molecule has 0 atom stereocenters. The van der Waals surface area contributed by atoms with Crippen LogP contribution in [0.3, 0.4) is 0 Å². The van der Waals surface area contributed by atoms with E-state index < -0.39 is 17.8 Å². The molecule has 1 nitrogen and oxygen atoms in total. The largest absolute Gasteiger partial charge is 0.398 e. The smallest absolute Gasteiger partial charge is 0.267 e. The van der Waals surface area contributed by atoms with Crippen molar-refractivity contribution < 1.29 is 13.2 Å². The molecule has 2 N–H and O–H groups in total. The van der Waals surface area contributed by atoms with Crippen LogP contribution in [0.25, 0.3) is 0 Å². The molecule has 0 radical (unpaired) electrons. The van der Waals surface area contributed by atoms with E-state index in [9.17, 15) is 13.2 Å². The molecule has 0 amide bonds. The van der Waals surface area contributed by atoms with Crippen LogP contribution in [0.15, 0.2) is 16.6 Å². The molecule has 5 heteroatoms. The molecule has 0 heterocycles. The van der Waals surface area contributed by atoms with Gasteiger partial charge in [0.15, 0.2) is 0 Å². The van der Waals surface area contributed by atoms with Crippen LogP contribution in [0, 0.1) is 5.82 Å². The normalized spacial score (nSPS) is 10.8. The first-order chi connectivity index (χ1) is 5.54. The van der Waals surface area contributed by atoms with E-state index in [-0.39, 0.29) is 10.2 Å². The van der Waals surface area contributed by atoms with Crippen molar-refractivity contribution in [3.63, 3.8) is 0 Å². The van der Waals surface area contributed by atoms with E-state index in [1.807, 2.05) is 0 Å². The van der Waals surface area contributed by atoms with Crippen LogP contribution in [0.2, 0.25) is 0 Å². The summed E-state index contributed by atoms with van der Waals surface area (Å²) in [5.41, 5.74) is 4.70. The Morgan fingerprint density at radius 3 is 2.33 bits per heavy atom. The minimum atomic E-state index is -2.86. The van der Waals surface area contributed by atoms with Crippen LogP contribution in [0.1, 0.15) is 12.0 Å². The lowest BCUT2D eigenvalue weighted by atomic mass is 10.2. The maximum Gasteiger partial charge on any atom is 0.267 e. The van der Waals surface area contributed by atoms with Crippen LogP contribution < -0.4 is 5.73 Å². The second-order valence-electron chi connectivity index (χ2n) is 2.16. The number of benzene rings is 1. The summed E-state index contributed by atoms with van der Waals surface area (Å²) in [6, 6.07) is 2.15. The van der Waals surface area contributed by atoms with E-state index in [1.165, 1.54) is 6.07 Å². The lowest BCUT2D eigenvalue weighted by Crippen LogP contribution is -1.96. The number of nitrogen functional groups attached to an aromatic ring is 1. The minimum absolute atomic E-state index is 0.0718. The Hall–Kier alpha value is -0.710. The number of hydrogen-bond donors (Lipinski definition) is 1. The van der Waals surface area contributed by atoms with Gasteiger partial charge in [-0.1, -0.05) is 0 Å². The maximum absolute atomic E-state index is 12.7. The van der Waals surface area contributed by atoms with Gasteiger partial charge in [-0.05, 0) is 28.1 Å². The topological polar surface area (TPSA) is 26.0 Å². The quantitative estimate of drug-likeness (QED) is 0.750. The van der Waals surface area contributed by atoms with E-state index >= 15 is 0 Å². The van der Waals surface area contributed by atoms with Crippen molar-refractivity contribution >= 4 is 21.6 Å². The van der Waals surface area contributed by atoms with Crippen LogP contribution in [-0.2, 0) is 0 Å². The Labute approximate surface area is 75.5 Å². The summed E-state index contributed by atoms with van der Waals surface area (Å²) in [6.07, 6.45) is -2.86. The highest BCUT2D eigenvalue weighted by molar-refractivity contribution is 9.10. The van der Waals surface area contributed by atoms with Gasteiger partial charge in [-0.2, -0.15) is 0 Å². The fraction of sp³-hybridized carbons (Fsp3) is 0.143. The van der Waals surface area contributed by atoms with Gasteiger partial charge in [0.2, 0.25) is 0 Å². The van der Waals surface area contributed by atoms with Gasteiger partial charge in [-0.3, -0.25) is 0 Å². The first kappa shape index (κ1) is 9.38. The Bertz CT molecular complexity index is 301. The van der Waals surface area contributed by atoms with Crippen molar-refractivity contribution in [3.8, 4) is 0 Å². The predicted octanol–water partition coefficient (Wildman–Crippen LogP) is 3.11. The summed E-state index contributed by atoms with van der Waals surface area (Å²) in [4.78, 5) is 0. The molecule has 0 saturated carbocycles. The molecule has 0 aliphatic rings. The molecule has 12 heavy (non-hydrogen) atoms. The second-order valence-corrected chi connectivity index (χ2v) is 2.96. The first-order valence-electron chi connectivity index (χ1n) is 3.05. The van der Waals surface area contributed by atoms with Gasteiger partial charge in [-0.15, -0.1) is 0 Å². The summed E-state index contributed by atoms with van der Waals surface area (Å²) in [5.74, 6) is -0.953. The standard InChI is InChI=1S/C7H5BrF3N/c8-6-4(12)2-1-3(9)5(6)7(10)11/h1-2,7H,12H2. The molecule has 66 valence electrons. The molecule has 0 aliphatic heterocycles. The number of alkyl halides is 2. The molecule has 0 aromatic heterocycles. The van der Waals surface area contributed by atoms with E-state index in [0.717, 1.165) is 6.07 Å². The molecule has 0 fully saturated rings. The first-order valence-corrected chi connectivity index (χ1v) is 3.85. The zero-order valence-electron chi connectivity index (χ0n) is 5.82. The lowest BCUT2D eigenvalue weighted by molar-refractivity contribution is 0.145. The van der Waals surface area contributed by atoms with Crippen molar-refractivity contribution in [2.24, 2.45) is 0 Å². The van der Waals surface area contributed by atoms with E-state index in [4.69, 9.17) is 5.73 Å². The molecule has 1 aromatic carbocycles. The van der Waals surface area contributed by atoms with Crippen molar-refractivity contribution in [1.82, 2.24) is 0 Å². The monoisotopic (exact) mass is 239 g/mol. The van der Waals surface area contributed by atoms with Gasteiger partial charge in [0.1, 0.15) is 5.82 Å². The van der Waals surface area contributed by atoms with E-state index in [0.29, 0.717) is 0 Å². The van der Waals surface area contributed by atoms with Gasteiger partial charge < -0.3 is 5.73 Å². The van der Waals surface area contributed by atoms with Crippen molar-refractivity contribution in [1.29, 1.82) is 0 Å². The minimum Gasteiger partial charge on any atom is -0.398 e. The lowest BCUT2D eigenvalue weighted by Gasteiger charge is -2.06. The third kappa shape index (κ3) is 1.55. The Morgan fingerprint density at radius 1 is 1.33 bits per heavy atom. The van der Waals surface area contributed by atoms with Crippen LogP contribution in [0.5, 0.6) is 0 Å². The molecular formula is C7H5BrF3N. The van der Waals surface area contributed by atoms with Crippen LogP contribution in [0.4, 0.5) is 18.9 Å². The number of halogens is 4. The summed E-state index contributed by atoms with van der Waals surface area (Å²) >= 11 is 2.79. The Kier molecular flexibility index (Phi) is 2.62. The SMILES string of the molecule is Nc1ccc(F)c(C(F)F)c1Br. The summed E-state index contributed by atoms with van der Waals surface area (Å²) in [5, 5.41) is 0. The van der Waals surface area contributed by atoms with Gasteiger partial charge in [0, 0.05) is 5.69 Å². The average Bonchev–Trinajstić information content (AvgIpc) is 1.97. The highest BCUT2D eigenvalue weighted by atomic mass is 79.9. The summed E-state index contributed by atoms with van der Waals surface area (Å²) < 4.78 is 36.9. The maximum atomic E-state index is 12.7. The zero-order valence-corrected chi connectivity index (χ0v) is 7.41. The Morgan fingerprint density at radius 2 is 1.92 bits per heavy atom. The molecule has 0 saturated heterocycles. The summed E-state index contributed by atoms with van der Waals surface area (Å²) in [6.45, 7) is 0. The third-order valence-corrected chi connectivity index (χ3v) is 2.26. The highest BCUT2D eigenvalue weighted by Gasteiger charge is 2.18. The second kappa shape index (κ2) is 3.35. The Balaban J connectivity index is 3.33. The van der Waals surface area contributed by atoms with Crippen LogP contribution in [-0.4, -0.2) is 0 Å². The van der Waals surface area contributed by atoms with Gasteiger partial charge in [-0.25, -0.2) is 13.2 Å². The van der Waals surface area contributed by atoms with E-state index in [1.54, 1.807) is 0 Å². The van der Waals surface area contributed by atoms with Crippen LogP contribution >= 0.6 is 15.9 Å². The molecule has 0 unspecified atom stereocenters. The van der Waals surface area contributed by atoms with Crippen molar-refractivity contribution in [3.05, 3.63) is 28.0 Å². The zero-order chi connectivity index (χ0) is 9.30. The molecule has 0 bridgehead atoms. The molecule has 1 aromatic rings. The molecule has 1 rings (SSSR count). The van der Waals surface area contributed by atoms with Gasteiger partial charge in [0.25, 0.3) is 6.43 Å². The number of rotatable bonds is 1. The molecule has 0 aliphatic carbocycles. The van der Waals surface area contributed by atoms with Gasteiger partial charge >= 0.3 is 0 Å². The third-order valence-electron chi connectivity index (χ3n) is 1.37. The fourth-order valence-corrected chi connectivity index (χ4v) is 1.28. The average molecular weight is 240 g/mol. The molecule has 0 spiro atoms. The highest BCUT2D eigenvalue weighted by Crippen LogP contribution is 2.33. The van der Waals surface area contributed by atoms with Crippen molar-refractivity contribution in [2.45, 2.75) is 6.43 Å². The number of nitrogens with two attached hydrogens (primary N) is 1. The van der Waals surface area contributed by atoms with Crippen molar-refractivity contribution in [2.75, 3.05) is 5.73 Å². The molecular weight excluding hydrogens is 235 g/mol.